The monoisotopic (exact) mass is 301 g/mol. The lowest BCUT2D eigenvalue weighted by Gasteiger charge is -2.10. The number of carbonyl (C=O) groups excluding carboxylic acids is 2. The minimum atomic E-state index is -3.89. The number of primary amides is 1. The Bertz CT molecular complexity index is 600. The van der Waals surface area contributed by atoms with Crippen LogP contribution in [0.4, 0.5) is 4.79 Å². The van der Waals surface area contributed by atoms with Gasteiger partial charge in [0.05, 0.1) is 17.6 Å². The van der Waals surface area contributed by atoms with Gasteiger partial charge in [0.2, 0.25) is 10.0 Å². The number of esters is 1. The third-order valence-electron chi connectivity index (χ3n) is 2.30. The van der Waals surface area contributed by atoms with Crippen LogP contribution in [0.15, 0.2) is 29.2 Å². The summed E-state index contributed by atoms with van der Waals surface area (Å²) in [5, 5.41) is 2.24. The van der Waals surface area contributed by atoms with Crippen LogP contribution in [0.1, 0.15) is 10.4 Å². The van der Waals surface area contributed by atoms with E-state index in [9.17, 15) is 18.0 Å². The molecule has 0 bridgehead atoms. The number of rotatable bonds is 6. The van der Waals surface area contributed by atoms with Crippen molar-refractivity contribution in [1.29, 1.82) is 0 Å². The molecule has 0 aliphatic heterocycles. The van der Waals surface area contributed by atoms with Crippen LogP contribution in [-0.2, 0) is 14.8 Å². The number of amides is 2. The van der Waals surface area contributed by atoms with Gasteiger partial charge in [-0.1, -0.05) is 12.1 Å². The van der Waals surface area contributed by atoms with Crippen LogP contribution in [0.2, 0.25) is 0 Å². The molecule has 0 atom stereocenters. The fourth-order valence-electron chi connectivity index (χ4n) is 1.43. The number of hydrogen-bond donors (Lipinski definition) is 3. The molecule has 1 aromatic carbocycles. The van der Waals surface area contributed by atoms with Gasteiger partial charge < -0.3 is 15.8 Å². The lowest BCUT2D eigenvalue weighted by atomic mass is 10.2. The lowest BCUT2D eigenvalue weighted by molar-refractivity contribution is 0.0596. The van der Waals surface area contributed by atoms with Crippen LogP contribution in [0.5, 0.6) is 0 Å². The zero-order valence-electron chi connectivity index (χ0n) is 10.8. The fraction of sp³-hybridized carbons (Fsp3) is 0.273. The van der Waals surface area contributed by atoms with Crippen molar-refractivity contribution >= 4 is 22.0 Å². The zero-order valence-corrected chi connectivity index (χ0v) is 11.6. The molecule has 0 radical (unpaired) electrons. The van der Waals surface area contributed by atoms with E-state index in [1.54, 1.807) is 0 Å². The first-order valence-corrected chi connectivity index (χ1v) is 7.07. The van der Waals surface area contributed by atoms with E-state index in [4.69, 9.17) is 5.73 Å². The molecule has 1 aromatic rings. The first-order chi connectivity index (χ1) is 9.38. The first-order valence-electron chi connectivity index (χ1n) is 5.59. The summed E-state index contributed by atoms with van der Waals surface area (Å²) in [5.74, 6) is -0.749. The number of urea groups is 1. The van der Waals surface area contributed by atoms with E-state index in [-0.39, 0.29) is 23.5 Å². The normalized spacial score (nSPS) is 10.8. The SMILES string of the molecule is COC(=O)c1ccccc1S(=O)(=O)NCCNC(N)=O. The summed E-state index contributed by atoms with van der Waals surface area (Å²) in [7, 11) is -2.72. The molecule has 9 heteroatoms. The second-order valence-electron chi connectivity index (χ2n) is 3.68. The van der Waals surface area contributed by atoms with E-state index in [0.29, 0.717) is 0 Å². The summed E-state index contributed by atoms with van der Waals surface area (Å²) in [6.45, 7) is -0.0181. The van der Waals surface area contributed by atoms with Gasteiger partial charge in [0.25, 0.3) is 0 Å². The van der Waals surface area contributed by atoms with Crippen LogP contribution >= 0.6 is 0 Å². The minimum Gasteiger partial charge on any atom is -0.465 e. The van der Waals surface area contributed by atoms with Gasteiger partial charge in [-0.2, -0.15) is 0 Å². The summed E-state index contributed by atoms with van der Waals surface area (Å²) in [4.78, 5) is 21.8. The number of methoxy groups -OCH3 is 1. The molecule has 1 rings (SSSR count). The molecule has 0 unspecified atom stereocenters. The fourth-order valence-corrected chi connectivity index (χ4v) is 2.65. The Morgan fingerprint density at radius 2 is 1.90 bits per heavy atom. The predicted molar refractivity (Wildman–Crippen MR) is 70.6 cm³/mol. The van der Waals surface area contributed by atoms with Gasteiger partial charge in [-0.05, 0) is 12.1 Å². The number of sulfonamides is 1. The Kier molecular flexibility index (Phi) is 5.47. The molecular formula is C11H15N3O5S. The number of hydrogen-bond acceptors (Lipinski definition) is 5. The third kappa shape index (κ3) is 4.21. The molecule has 0 fully saturated rings. The van der Waals surface area contributed by atoms with Crippen LogP contribution in [0.3, 0.4) is 0 Å². The van der Waals surface area contributed by atoms with Gasteiger partial charge in [0.1, 0.15) is 0 Å². The standard InChI is InChI=1S/C11H15N3O5S/c1-19-10(15)8-4-2-3-5-9(8)20(17,18)14-7-6-13-11(12)16/h2-5,14H,6-7H2,1H3,(H3,12,13,16). The second-order valence-corrected chi connectivity index (χ2v) is 5.41. The molecule has 0 spiro atoms. The summed E-state index contributed by atoms with van der Waals surface area (Å²) < 4.78 is 30.9. The van der Waals surface area contributed by atoms with Crippen molar-refractivity contribution in [3.05, 3.63) is 29.8 Å². The average Bonchev–Trinajstić information content (AvgIpc) is 2.42. The molecule has 0 aromatic heterocycles. The predicted octanol–water partition coefficient (Wildman–Crippen LogP) is -0.580. The van der Waals surface area contributed by atoms with Crippen molar-refractivity contribution < 1.29 is 22.7 Å². The molecule has 20 heavy (non-hydrogen) atoms. The topological polar surface area (TPSA) is 128 Å². The number of benzene rings is 1. The molecule has 110 valence electrons. The Morgan fingerprint density at radius 3 is 2.50 bits per heavy atom. The summed E-state index contributed by atoms with van der Waals surface area (Å²) in [6.07, 6.45) is 0. The van der Waals surface area contributed by atoms with Gasteiger partial charge in [-0.3, -0.25) is 0 Å². The molecule has 0 heterocycles. The molecule has 0 saturated carbocycles. The highest BCUT2D eigenvalue weighted by molar-refractivity contribution is 7.89. The van der Waals surface area contributed by atoms with E-state index in [1.165, 1.54) is 24.3 Å². The Balaban J connectivity index is 2.87. The van der Waals surface area contributed by atoms with Gasteiger partial charge in [-0.25, -0.2) is 22.7 Å². The van der Waals surface area contributed by atoms with E-state index in [2.05, 4.69) is 14.8 Å². The van der Waals surface area contributed by atoms with Crippen molar-refractivity contribution in [2.75, 3.05) is 20.2 Å². The lowest BCUT2D eigenvalue weighted by Crippen LogP contribution is -2.37. The first kappa shape index (κ1) is 15.9. The minimum absolute atomic E-state index is 0.0367. The quantitative estimate of drug-likeness (QED) is 0.478. The van der Waals surface area contributed by atoms with Gasteiger partial charge in [-0.15, -0.1) is 0 Å². The van der Waals surface area contributed by atoms with Crippen molar-refractivity contribution in [1.82, 2.24) is 10.0 Å². The summed E-state index contributed by atoms with van der Waals surface area (Å²) in [5.41, 5.74) is 4.78. The van der Waals surface area contributed by atoms with Crippen molar-refractivity contribution in [3.63, 3.8) is 0 Å². The Hall–Kier alpha value is -2.13. The van der Waals surface area contributed by atoms with Crippen LogP contribution in [0, 0.1) is 0 Å². The van der Waals surface area contributed by atoms with Crippen molar-refractivity contribution in [3.8, 4) is 0 Å². The van der Waals surface area contributed by atoms with Crippen molar-refractivity contribution in [2.24, 2.45) is 5.73 Å². The van der Waals surface area contributed by atoms with Crippen LogP contribution < -0.4 is 15.8 Å². The molecule has 4 N–H and O–H groups in total. The molecule has 8 nitrogen and oxygen atoms in total. The van der Waals surface area contributed by atoms with Crippen molar-refractivity contribution in [2.45, 2.75) is 4.90 Å². The number of carbonyl (C=O) groups is 2. The maximum Gasteiger partial charge on any atom is 0.339 e. The van der Waals surface area contributed by atoms with E-state index in [0.717, 1.165) is 7.11 Å². The highest BCUT2D eigenvalue weighted by atomic mass is 32.2. The molecule has 0 aliphatic rings. The van der Waals surface area contributed by atoms with E-state index >= 15 is 0 Å². The molecular weight excluding hydrogens is 286 g/mol. The maximum absolute atomic E-state index is 12.1. The molecule has 0 aliphatic carbocycles. The largest absolute Gasteiger partial charge is 0.465 e. The van der Waals surface area contributed by atoms with Gasteiger partial charge in [0.15, 0.2) is 0 Å². The highest BCUT2D eigenvalue weighted by Crippen LogP contribution is 2.15. The van der Waals surface area contributed by atoms with E-state index < -0.39 is 22.0 Å². The number of ether oxygens (including phenoxy) is 1. The Morgan fingerprint density at radius 1 is 1.25 bits per heavy atom. The van der Waals surface area contributed by atoms with Gasteiger partial charge >= 0.3 is 12.0 Å². The van der Waals surface area contributed by atoms with Crippen LogP contribution in [-0.4, -0.2) is 40.6 Å². The summed E-state index contributed by atoms with van der Waals surface area (Å²) >= 11 is 0. The zero-order chi connectivity index (χ0) is 15.2. The van der Waals surface area contributed by atoms with E-state index in [1.807, 2.05) is 0 Å². The maximum atomic E-state index is 12.1. The number of nitrogens with one attached hydrogen (secondary N) is 2. The van der Waals surface area contributed by atoms with Gasteiger partial charge in [0, 0.05) is 13.1 Å². The molecule has 2 amide bonds. The van der Waals surface area contributed by atoms with Crippen LogP contribution in [0.25, 0.3) is 0 Å². The smallest absolute Gasteiger partial charge is 0.339 e. The number of nitrogens with two attached hydrogens (primary N) is 1. The third-order valence-corrected chi connectivity index (χ3v) is 3.82. The summed E-state index contributed by atoms with van der Waals surface area (Å²) in [6, 6.07) is 4.90. The second kappa shape index (κ2) is 6.87. The highest BCUT2D eigenvalue weighted by Gasteiger charge is 2.21. The molecule has 0 saturated heterocycles. The Labute approximate surface area is 116 Å². The average molecular weight is 301 g/mol.